The Morgan fingerprint density at radius 3 is 2.44 bits per heavy atom. The minimum Gasteiger partial charge on any atom is -0.489 e. The van der Waals surface area contributed by atoms with Crippen LogP contribution in [0.1, 0.15) is 45.2 Å². The van der Waals surface area contributed by atoms with Gasteiger partial charge in [-0.3, -0.25) is 4.79 Å². The molecule has 9 heteroatoms. The van der Waals surface area contributed by atoms with Gasteiger partial charge in [-0.25, -0.2) is 4.68 Å². The van der Waals surface area contributed by atoms with Crippen molar-refractivity contribution in [2.75, 3.05) is 0 Å². The van der Waals surface area contributed by atoms with E-state index in [4.69, 9.17) is 9.84 Å². The monoisotopic (exact) mass is 558 g/mol. The smallest absolute Gasteiger partial charge is 0.416 e. The summed E-state index contributed by atoms with van der Waals surface area (Å²) in [6, 6.07) is 10.4. The Labute approximate surface area is 197 Å². The summed E-state index contributed by atoms with van der Waals surface area (Å²) in [6.45, 7) is 4.13. The van der Waals surface area contributed by atoms with Crippen molar-refractivity contribution in [3.63, 3.8) is 0 Å². The van der Waals surface area contributed by atoms with Gasteiger partial charge in [0.15, 0.2) is 0 Å². The largest absolute Gasteiger partial charge is 0.489 e. The molecule has 1 unspecified atom stereocenters. The molecule has 2 aromatic carbocycles. The number of halogens is 4. The van der Waals surface area contributed by atoms with Crippen molar-refractivity contribution in [3.05, 3.63) is 76.6 Å². The highest BCUT2D eigenvalue weighted by molar-refractivity contribution is 14.1. The average molecular weight is 558 g/mol. The summed E-state index contributed by atoms with van der Waals surface area (Å²) >= 11 is 2.23. The maximum atomic E-state index is 12.8. The van der Waals surface area contributed by atoms with E-state index in [0.29, 0.717) is 17.9 Å². The molecule has 3 aromatic rings. The van der Waals surface area contributed by atoms with E-state index in [-0.39, 0.29) is 17.0 Å². The number of hydrogen-bond acceptors (Lipinski definition) is 3. The molecule has 1 N–H and O–H groups in total. The van der Waals surface area contributed by atoms with Crippen LogP contribution in [0.25, 0.3) is 5.69 Å². The van der Waals surface area contributed by atoms with Crippen LogP contribution < -0.4 is 4.74 Å². The van der Waals surface area contributed by atoms with Gasteiger partial charge >= 0.3 is 12.1 Å². The van der Waals surface area contributed by atoms with Gasteiger partial charge in [0.05, 0.1) is 20.9 Å². The molecule has 0 saturated carbocycles. The molecule has 5 nitrogen and oxygen atoms in total. The molecule has 0 bridgehead atoms. The van der Waals surface area contributed by atoms with Crippen molar-refractivity contribution in [1.82, 2.24) is 9.78 Å². The van der Waals surface area contributed by atoms with Gasteiger partial charge in [0.1, 0.15) is 12.4 Å². The van der Waals surface area contributed by atoms with Gasteiger partial charge < -0.3 is 9.84 Å². The number of rotatable bonds is 8. The van der Waals surface area contributed by atoms with E-state index < -0.39 is 17.7 Å². The van der Waals surface area contributed by atoms with E-state index in [1.807, 2.05) is 26.0 Å². The highest BCUT2D eigenvalue weighted by Gasteiger charge is 2.30. The molecule has 1 aromatic heterocycles. The normalized spacial score (nSPS) is 12.6. The molecule has 0 spiro atoms. The Bertz CT molecular complexity index is 1090. The average Bonchev–Trinajstić information content (AvgIpc) is 3.15. The Morgan fingerprint density at radius 1 is 1.19 bits per heavy atom. The van der Waals surface area contributed by atoms with Crippen molar-refractivity contribution in [1.29, 1.82) is 0 Å². The Balaban J connectivity index is 1.76. The van der Waals surface area contributed by atoms with Crippen molar-refractivity contribution in [2.24, 2.45) is 0 Å². The Morgan fingerprint density at radius 2 is 1.88 bits per heavy atom. The van der Waals surface area contributed by atoms with Crippen LogP contribution >= 0.6 is 22.6 Å². The zero-order chi connectivity index (χ0) is 23.5. The van der Waals surface area contributed by atoms with Crippen molar-refractivity contribution in [3.8, 4) is 11.4 Å². The fourth-order valence-corrected chi connectivity index (χ4v) is 3.77. The van der Waals surface area contributed by atoms with Gasteiger partial charge in [-0.05, 0) is 67.8 Å². The van der Waals surface area contributed by atoms with E-state index in [1.54, 1.807) is 16.9 Å². The summed E-state index contributed by atoms with van der Waals surface area (Å²) in [6.07, 6.45) is -2.09. The van der Waals surface area contributed by atoms with Crippen molar-refractivity contribution < 1.29 is 27.8 Å². The third kappa shape index (κ3) is 6.02. The van der Waals surface area contributed by atoms with Gasteiger partial charge in [-0.1, -0.05) is 28.7 Å². The number of aromatic nitrogens is 2. The summed E-state index contributed by atoms with van der Waals surface area (Å²) in [5.74, 6) is -0.189. The number of carboxylic acids is 1. The molecule has 0 aliphatic heterocycles. The first-order chi connectivity index (χ1) is 15.0. The second kappa shape index (κ2) is 9.93. The van der Waals surface area contributed by atoms with Crippen LogP contribution in [0.5, 0.6) is 5.75 Å². The molecule has 0 fully saturated rings. The van der Waals surface area contributed by atoms with E-state index in [0.717, 1.165) is 34.5 Å². The van der Waals surface area contributed by atoms with Gasteiger partial charge in [-0.2, -0.15) is 18.3 Å². The number of aliphatic carboxylic acids is 1. The third-order valence-electron chi connectivity index (χ3n) is 4.98. The molecule has 3 rings (SSSR count). The van der Waals surface area contributed by atoms with E-state index in [2.05, 4.69) is 27.7 Å². The summed E-state index contributed by atoms with van der Waals surface area (Å²) in [4.78, 5) is 10.8. The third-order valence-corrected chi connectivity index (χ3v) is 5.57. The molecule has 0 amide bonds. The molecular weight excluding hydrogens is 536 g/mol. The lowest BCUT2D eigenvalue weighted by atomic mass is 10.0. The highest BCUT2D eigenvalue weighted by atomic mass is 127. The maximum Gasteiger partial charge on any atom is 0.416 e. The summed E-state index contributed by atoms with van der Waals surface area (Å²) in [5.41, 5.74) is 3.35. The molecule has 32 heavy (non-hydrogen) atoms. The van der Waals surface area contributed by atoms with Crippen LogP contribution in [-0.4, -0.2) is 20.9 Å². The van der Waals surface area contributed by atoms with E-state index in [1.165, 1.54) is 12.1 Å². The van der Waals surface area contributed by atoms with E-state index >= 15 is 0 Å². The van der Waals surface area contributed by atoms with Crippen LogP contribution in [0.2, 0.25) is 0 Å². The van der Waals surface area contributed by atoms with Gasteiger partial charge in [0.2, 0.25) is 0 Å². The second-order valence-corrected chi connectivity index (χ2v) is 9.28. The maximum absolute atomic E-state index is 12.8. The lowest BCUT2D eigenvalue weighted by molar-refractivity contribution is -0.138. The molecule has 1 heterocycles. The molecule has 1 atom stereocenters. The van der Waals surface area contributed by atoms with Crippen LogP contribution in [0.15, 0.2) is 48.7 Å². The van der Waals surface area contributed by atoms with Gasteiger partial charge in [-0.15, -0.1) is 0 Å². The number of benzene rings is 2. The molecule has 170 valence electrons. The van der Waals surface area contributed by atoms with Gasteiger partial charge in [0.25, 0.3) is 0 Å². The standard InChI is InChI=1S/C23H22F3IN2O3/c1-14-11-20(9-3-16(14)4-10-21(30)31)32-13-17-12-29(28-22(17)15(2)27)19-7-5-18(6-8-19)23(24,25)26/h3,5-9,11-12,15H,4,10,13H2,1-2H3,(H,30,31). The number of nitrogens with zero attached hydrogens (tertiary/aromatic N) is 2. The molecular formula is C23H22F3IN2O3. The minimum atomic E-state index is -4.38. The summed E-state index contributed by atoms with van der Waals surface area (Å²) < 4.78 is 46.0. The van der Waals surface area contributed by atoms with Gasteiger partial charge in [0, 0.05) is 18.2 Å². The topological polar surface area (TPSA) is 64.4 Å². The molecule has 0 aliphatic carbocycles. The molecule has 0 aliphatic rings. The number of aryl methyl sites for hydroxylation is 2. The first-order valence-electron chi connectivity index (χ1n) is 9.89. The number of hydrogen-bond donors (Lipinski definition) is 1. The van der Waals surface area contributed by atoms with Crippen molar-refractivity contribution in [2.45, 2.75) is 43.4 Å². The lowest BCUT2D eigenvalue weighted by Crippen LogP contribution is -2.05. The zero-order valence-corrected chi connectivity index (χ0v) is 19.6. The van der Waals surface area contributed by atoms with Crippen molar-refractivity contribution >= 4 is 28.6 Å². The minimum absolute atomic E-state index is 0.0705. The number of carbonyl (C=O) groups is 1. The summed E-state index contributed by atoms with van der Waals surface area (Å²) in [7, 11) is 0. The zero-order valence-electron chi connectivity index (χ0n) is 17.5. The second-order valence-electron chi connectivity index (χ2n) is 7.42. The quantitative estimate of drug-likeness (QED) is 0.261. The van der Waals surface area contributed by atoms with E-state index in [9.17, 15) is 18.0 Å². The first kappa shape index (κ1) is 24.1. The SMILES string of the molecule is Cc1cc(OCc2cn(-c3ccc(C(F)(F)F)cc3)nc2C(C)I)ccc1CCC(=O)O. The van der Waals surface area contributed by atoms with Crippen LogP contribution in [0.3, 0.4) is 0 Å². The number of ether oxygens (including phenoxy) is 1. The Hall–Kier alpha value is -2.56. The number of alkyl halides is 4. The summed E-state index contributed by atoms with van der Waals surface area (Å²) in [5, 5.41) is 13.4. The van der Waals surface area contributed by atoms with Crippen LogP contribution in [-0.2, 0) is 24.0 Å². The predicted molar refractivity (Wildman–Crippen MR) is 122 cm³/mol. The molecule has 0 radical (unpaired) electrons. The highest BCUT2D eigenvalue weighted by Crippen LogP contribution is 2.31. The lowest BCUT2D eigenvalue weighted by Gasteiger charge is -2.10. The first-order valence-corrected chi connectivity index (χ1v) is 11.1. The number of carboxylic acid groups (broad SMARTS) is 1. The molecule has 0 saturated heterocycles. The predicted octanol–water partition coefficient (Wildman–Crippen LogP) is 6.29. The fourth-order valence-electron chi connectivity index (χ4n) is 3.25. The van der Waals surface area contributed by atoms with Crippen LogP contribution in [0, 0.1) is 6.92 Å². The Kier molecular flexibility index (Phi) is 7.47. The fraction of sp³-hybridized carbons (Fsp3) is 0.304. The van der Waals surface area contributed by atoms with Crippen LogP contribution in [0.4, 0.5) is 13.2 Å².